The molecule has 0 unspecified atom stereocenters. The Hall–Kier alpha value is -1.85. The molecule has 2 aromatic rings. The molecule has 0 heterocycles. The summed E-state index contributed by atoms with van der Waals surface area (Å²) in [5.41, 5.74) is 2.93. The van der Waals surface area contributed by atoms with Gasteiger partial charge in [-0.3, -0.25) is 4.79 Å². The van der Waals surface area contributed by atoms with Gasteiger partial charge in [0.15, 0.2) is 6.61 Å². The maximum Gasteiger partial charge on any atom is 0.262 e. The Balaban J connectivity index is 1.97. The van der Waals surface area contributed by atoms with Crippen LogP contribution in [0.15, 0.2) is 46.9 Å². The summed E-state index contributed by atoms with van der Waals surface area (Å²) in [6, 6.07) is 13.5. The minimum atomic E-state index is -0.179. The van der Waals surface area contributed by atoms with Crippen molar-refractivity contribution >= 4 is 27.5 Å². The fourth-order valence-electron chi connectivity index (χ4n) is 2.16. The van der Waals surface area contributed by atoms with Gasteiger partial charge >= 0.3 is 0 Å². The molecule has 0 fully saturated rings. The van der Waals surface area contributed by atoms with Crippen LogP contribution >= 0.6 is 15.9 Å². The molecular formula is C20H25BrN2O2. The monoisotopic (exact) mass is 404 g/mol. The third kappa shape index (κ3) is 6.88. The molecule has 0 aromatic heterocycles. The van der Waals surface area contributed by atoms with Crippen molar-refractivity contribution in [3.05, 3.63) is 58.1 Å². The lowest BCUT2D eigenvalue weighted by atomic mass is 10.1. The van der Waals surface area contributed by atoms with Crippen molar-refractivity contribution < 1.29 is 9.53 Å². The molecule has 1 amide bonds. The number of halogens is 1. The van der Waals surface area contributed by atoms with Crippen LogP contribution in [-0.2, 0) is 11.3 Å². The first-order valence-electron chi connectivity index (χ1n) is 8.26. The molecule has 2 aromatic carbocycles. The van der Waals surface area contributed by atoms with Crippen molar-refractivity contribution in [2.75, 3.05) is 11.9 Å². The van der Waals surface area contributed by atoms with Crippen molar-refractivity contribution in [2.45, 2.75) is 39.8 Å². The minimum Gasteiger partial charge on any atom is -0.483 e. The Morgan fingerprint density at radius 1 is 1.12 bits per heavy atom. The highest BCUT2D eigenvalue weighted by atomic mass is 79.9. The van der Waals surface area contributed by atoms with Gasteiger partial charge in [0.1, 0.15) is 5.75 Å². The topological polar surface area (TPSA) is 50.4 Å². The zero-order valence-corrected chi connectivity index (χ0v) is 16.7. The second-order valence-electron chi connectivity index (χ2n) is 7.06. The summed E-state index contributed by atoms with van der Waals surface area (Å²) in [5.74, 6) is 0.528. The Bertz CT molecular complexity index is 721. The molecule has 0 saturated carbocycles. The van der Waals surface area contributed by atoms with E-state index in [-0.39, 0.29) is 18.1 Å². The minimum absolute atomic E-state index is 0.00238. The maximum atomic E-state index is 12.1. The summed E-state index contributed by atoms with van der Waals surface area (Å²) in [7, 11) is 0. The van der Waals surface area contributed by atoms with Crippen molar-refractivity contribution in [3.8, 4) is 5.75 Å². The second kappa shape index (κ2) is 8.50. The first kappa shape index (κ1) is 19.5. The van der Waals surface area contributed by atoms with Gasteiger partial charge in [-0.1, -0.05) is 33.6 Å². The van der Waals surface area contributed by atoms with Crippen LogP contribution < -0.4 is 15.4 Å². The van der Waals surface area contributed by atoms with Crippen LogP contribution in [0.4, 0.5) is 5.69 Å². The van der Waals surface area contributed by atoms with Gasteiger partial charge in [-0.05, 0) is 58.0 Å². The summed E-state index contributed by atoms with van der Waals surface area (Å²) in [4.78, 5) is 12.1. The Morgan fingerprint density at radius 3 is 2.44 bits per heavy atom. The number of carbonyl (C=O) groups excluding carboxylic acids is 1. The number of nitrogens with one attached hydrogen (secondary N) is 2. The predicted molar refractivity (Wildman–Crippen MR) is 106 cm³/mol. The van der Waals surface area contributed by atoms with E-state index < -0.39 is 0 Å². The SMILES string of the molecule is Cc1ccc(NC(=O)COc2ccc(Br)cc2CNC(C)(C)C)cc1. The van der Waals surface area contributed by atoms with E-state index in [0.717, 1.165) is 21.3 Å². The smallest absolute Gasteiger partial charge is 0.262 e. The number of rotatable bonds is 6. The number of hydrogen-bond acceptors (Lipinski definition) is 3. The fourth-order valence-corrected chi connectivity index (χ4v) is 2.57. The molecule has 0 bridgehead atoms. The Morgan fingerprint density at radius 2 is 1.80 bits per heavy atom. The molecule has 134 valence electrons. The third-order valence-corrected chi connectivity index (χ3v) is 4.02. The molecule has 0 saturated heterocycles. The Labute approximate surface area is 158 Å². The molecular weight excluding hydrogens is 380 g/mol. The van der Waals surface area contributed by atoms with Crippen LogP contribution in [0.2, 0.25) is 0 Å². The molecule has 0 aliphatic heterocycles. The third-order valence-electron chi connectivity index (χ3n) is 3.53. The van der Waals surface area contributed by atoms with Crippen molar-refractivity contribution in [1.29, 1.82) is 0 Å². The van der Waals surface area contributed by atoms with E-state index >= 15 is 0 Å². The highest BCUT2D eigenvalue weighted by Crippen LogP contribution is 2.24. The van der Waals surface area contributed by atoms with E-state index in [0.29, 0.717) is 12.3 Å². The number of benzene rings is 2. The summed E-state index contributed by atoms with van der Waals surface area (Å²) in [6.45, 7) is 8.98. The normalized spacial score (nSPS) is 11.2. The van der Waals surface area contributed by atoms with Crippen molar-refractivity contribution in [3.63, 3.8) is 0 Å². The average molecular weight is 405 g/mol. The van der Waals surface area contributed by atoms with Gasteiger partial charge in [-0.2, -0.15) is 0 Å². The van der Waals surface area contributed by atoms with E-state index in [9.17, 15) is 4.79 Å². The van der Waals surface area contributed by atoms with Gasteiger partial charge in [0.2, 0.25) is 0 Å². The molecule has 25 heavy (non-hydrogen) atoms. The molecule has 4 nitrogen and oxygen atoms in total. The van der Waals surface area contributed by atoms with Crippen LogP contribution in [0.1, 0.15) is 31.9 Å². The molecule has 0 aliphatic carbocycles. The lowest BCUT2D eigenvalue weighted by Gasteiger charge is -2.22. The highest BCUT2D eigenvalue weighted by Gasteiger charge is 2.12. The summed E-state index contributed by atoms with van der Waals surface area (Å²) < 4.78 is 6.72. The Kier molecular flexibility index (Phi) is 6.62. The molecule has 2 N–H and O–H groups in total. The second-order valence-corrected chi connectivity index (χ2v) is 7.97. The van der Waals surface area contributed by atoms with Gasteiger partial charge in [0.05, 0.1) is 0 Å². The van der Waals surface area contributed by atoms with Gasteiger partial charge in [0.25, 0.3) is 5.91 Å². The van der Waals surface area contributed by atoms with Gasteiger partial charge in [-0.15, -0.1) is 0 Å². The standard InChI is InChI=1S/C20H25BrN2O2/c1-14-5-8-17(9-6-14)23-19(24)13-25-18-10-7-16(21)11-15(18)12-22-20(2,3)4/h5-11,22H,12-13H2,1-4H3,(H,23,24). The zero-order chi connectivity index (χ0) is 18.4. The molecule has 5 heteroatoms. The number of aryl methyl sites for hydroxylation is 1. The number of ether oxygens (including phenoxy) is 1. The fraction of sp³-hybridized carbons (Fsp3) is 0.350. The van der Waals surface area contributed by atoms with Crippen LogP contribution in [0.25, 0.3) is 0 Å². The summed E-state index contributed by atoms with van der Waals surface area (Å²) in [5, 5.41) is 6.27. The predicted octanol–water partition coefficient (Wildman–Crippen LogP) is 4.66. The van der Waals surface area contributed by atoms with E-state index in [1.54, 1.807) is 0 Å². The number of carbonyl (C=O) groups is 1. The number of hydrogen-bond donors (Lipinski definition) is 2. The van der Waals surface area contributed by atoms with E-state index in [1.807, 2.05) is 49.4 Å². The zero-order valence-electron chi connectivity index (χ0n) is 15.2. The van der Waals surface area contributed by atoms with Crippen molar-refractivity contribution in [1.82, 2.24) is 5.32 Å². The quantitative estimate of drug-likeness (QED) is 0.735. The first-order chi connectivity index (χ1) is 11.7. The van der Waals surface area contributed by atoms with Crippen LogP contribution in [0.5, 0.6) is 5.75 Å². The number of amides is 1. The van der Waals surface area contributed by atoms with Crippen LogP contribution in [0.3, 0.4) is 0 Å². The van der Waals surface area contributed by atoms with Crippen LogP contribution in [0, 0.1) is 6.92 Å². The summed E-state index contributed by atoms with van der Waals surface area (Å²) in [6.07, 6.45) is 0. The molecule has 2 rings (SSSR count). The molecule has 0 aliphatic rings. The largest absolute Gasteiger partial charge is 0.483 e. The van der Waals surface area contributed by atoms with Crippen LogP contribution in [-0.4, -0.2) is 18.1 Å². The number of anilines is 1. The van der Waals surface area contributed by atoms with Gasteiger partial charge in [0, 0.05) is 27.8 Å². The lowest BCUT2D eigenvalue weighted by molar-refractivity contribution is -0.118. The highest BCUT2D eigenvalue weighted by molar-refractivity contribution is 9.10. The average Bonchev–Trinajstić information content (AvgIpc) is 2.53. The summed E-state index contributed by atoms with van der Waals surface area (Å²) >= 11 is 3.48. The van der Waals surface area contributed by atoms with E-state index in [4.69, 9.17) is 4.74 Å². The maximum absolute atomic E-state index is 12.1. The first-order valence-corrected chi connectivity index (χ1v) is 9.05. The lowest BCUT2D eigenvalue weighted by Crippen LogP contribution is -2.35. The molecule has 0 radical (unpaired) electrons. The molecule has 0 spiro atoms. The molecule has 0 atom stereocenters. The van der Waals surface area contributed by atoms with Crippen molar-refractivity contribution in [2.24, 2.45) is 0 Å². The van der Waals surface area contributed by atoms with E-state index in [2.05, 4.69) is 47.3 Å². The van der Waals surface area contributed by atoms with Gasteiger partial charge in [-0.25, -0.2) is 0 Å². The van der Waals surface area contributed by atoms with E-state index in [1.165, 1.54) is 0 Å². The van der Waals surface area contributed by atoms with Gasteiger partial charge < -0.3 is 15.4 Å².